The van der Waals surface area contributed by atoms with Gasteiger partial charge in [-0.2, -0.15) is 5.10 Å². The number of carbonyl (C=O) groups is 1. The number of hydrogen-bond acceptors (Lipinski definition) is 5. The number of rotatable bonds is 2. The average molecular weight is 267 g/mol. The number of nitrogens with zero attached hydrogens (tertiary/aromatic N) is 2. The lowest BCUT2D eigenvalue weighted by Crippen LogP contribution is -2.25. The van der Waals surface area contributed by atoms with Crippen LogP contribution in [0.1, 0.15) is 50.0 Å². The van der Waals surface area contributed by atoms with Gasteiger partial charge in [0.2, 0.25) is 0 Å². The molecule has 106 valence electrons. The van der Waals surface area contributed by atoms with Crippen molar-refractivity contribution in [1.29, 1.82) is 0 Å². The van der Waals surface area contributed by atoms with Gasteiger partial charge in [0.05, 0.1) is 12.2 Å². The second-order valence-corrected chi connectivity index (χ2v) is 5.73. The van der Waals surface area contributed by atoms with Gasteiger partial charge in [-0.15, -0.1) is 0 Å². The third kappa shape index (κ3) is 3.26. The molecule has 1 fully saturated rings. The van der Waals surface area contributed by atoms with Crippen molar-refractivity contribution in [3.63, 3.8) is 0 Å². The lowest BCUT2D eigenvalue weighted by molar-refractivity contribution is 0.00707. The third-order valence-corrected chi connectivity index (χ3v) is 2.99. The van der Waals surface area contributed by atoms with Crippen LogP contribution in [-0.4, -0.2) is 34.6 Å². The average Bonchev–Trinajstić information content (AvgIpc) is 2.70. The largest absolute Gasteiger partial charge is 0.456 e. The van der Waals surface area contributed by atoms with Crippen LogP contribution in [0.4, 0.5) is 5.82 Å². The second kappa shape index (κ2) is 5.21. The molecule has 0 aliphatic carbocycles. The molecule has 2 heterocycles. The topological polar surface area (TPSA) is 79.4 Å². The van der Waals surface area contributed by atoms with Crippen LogP contribution in [0.5, 0.6) is 0 Å². The Kier molecular flexibility index (Phi) is 3.80. The molecule has 1 aliphatic heterocycles. The summed E-state index contributed by atoms with van der Waals surface area (Å²) in [6.07, 6.45) is 3.21. The molecule has 0 atom stereocenters. The quantitative estimate of drug-likeness (QED) is 0.826. The molecule has 0 amide bonds. The van der Waals surface area contributed by atoms with Crippen LogP contribution >= 0.6 is 0 Å². The summed E-state index contributed by atoms with van der Waals surface area (Å²) in [6.45, 7) is 6.87. The zero-order valence-corrected chi connectivity index (χ0v) is 11.7. The van der Waals surface area contributed by atoms with E-state index in [4.69, 9.17) is 15.2 Å². The Morgan fingerprint density at radius 3 is 2.68 bits per heavy atom. The van der Waals surface area contributed by atoms with Crippen molar-refractivity contribution in [3.05, 3.63) is 11.8 Å². The molecule has 6 nitrogen and oxygen atoms in total. The zero-order chi connectivity index (χ0) is 14.0. The predicted molar refractivity (Wildman–Crippen MR) is 70.9 cm³/mol. The molecular weight excluding hydrogens is 246 g/mol. The van der Waals surface area contributed by atoms with Crippen LogP contribution in [0, 0.1) is 0 Å². The number of aromatic nitrogens is 2. The number of anilines is 1. The molecule has 0 bridgehead atoms. The van der Waals surface area contributed by atoms with Crippen LogP contribution in [0.2, 0.25) is 0 Å². The van der Waals surface area contributed by atoms with Crippen molar-refractivity contribution < 1.29 is 14.3 Å². The number of hydrogen-bond donors (Lipinski definition) is 1. The molecule has 19 heavy (non-hydrogen) atoms. The summed E-state index contributed by atoms with van der Waals surface area (Å²) >= 11 is 0. The van der Waals surface area contributed by atoms with Gasteiger partial charge in [-0.05, 0) is 33.6 Å². The van der Waals surface area contributed by atoms with E-state index in [1.54, 1.807) is 4.68 Å². The van der Waals surface area contributed by atoms with E-state index in [1.165, 1.54) is 6.20 Å². The molecule has 0 aromatic carbocycles. The number of nitrogens with two attached hydrogens (primary N) is 1. The first-order valence-electron chi connectivity index (χ1n) is 6.52. The van der Waals surface area contributed by atoms with Crippen LogP contribution in [-0.2, 0) is 9.47 Å². The van der Waals surface area contributed by atoms with E-state index in [0.29, 0.717) is 24.6 Å². The summed E-state index contributed by atoms with van der Waals surface area (Å²) < 4.78 is 12.3. The van der Waals surface area contributed by atoms with Crippen molar-refractivity contribution in [2.24, 2.45) is 0 Å². The molecule has 0 spiro atoms. The van der Waals surface area contributed by atoms with Crippen LogP contribution in [0.3, 0.4) is 0 Å². The molecule has 1 aliphatic rings. The summed E-state index contributed by atoms with van der Waals surface area (Å²) in [4.78, 5) is 12.0. The molecule has 0 saturated carbocycles. The van der Waals surface area contributed by atoms with Crippen molar-refractivity contribution in [2.75, 3.05) is 18.9 Å². The van der Waals surface area contributed by atoms with Crippen molar-refractivity contribution in [1.82, 2.24) is 9.78 Å². The molecule has 2 rings (SSSR count). The smallest absolute Gasteiger partial charge is 0.344 e. The van der Waals surface area contributed by atoms with Crippen LogP contribution in [0.15, 0.2) is 6.20 Å². The Balaban J connectivity index is 2.15. The van der Waals surface area contributed by atoms with Crippen molar-refractivity contribution in [3.8, 4) is 0 Å². The first-order chi connectivity index (χ1) is 8.88. The highest BCUT2D eigenvalue weighted by Gasteiger charge is 2.25. The van der Waals surface area contributed by atoms with E-state index >= 15 is 0 Å². The van der Waals surface area contributed by atoms with Crippen molar-refractivity contribution in [2.45, 2.75) is 45.3 Å². The standard InChI is InChI=1S/C13H21N3O3/c1-13(2,3)19-12(17)10-8-15-16(11(10)14)9-4-6-18-7-5-9/h8-9H,4-7,14H2,1-3H3. The molecule has 1 aromatic rings. The predicted octanol–water partition coefficient (Wildman–Crippen LogP) is 1.77. The third-order valence-electron chi connectivity index (χ3n) is 2.99. The van der Waals surface area contributed by atoms with E-state index < -0.39 is 11.6 Å². The number of nitrogen functional groups attached to an aromatic ring is 1. The molecule has 2 N–H and O–H groups in total. The zero-order valence-electron chi connectivity index (χ0n) is 11.7. The highest BCUT2D eigenvalue weighted by atomic mass is 16.6. The lowest BCUT2D eigenvalue weighted by Gasteiger charge is -2.23. The van der Waals surface area contributed by atoms with E-state index in [2.05, 4.69) is 5.10 Å². The summed E-state index contributed by atoms with van der Waals surface area (Å²) in [6, 6.07) is 0.199. The van der Waals surface area contributed by atoms with Gasteiger partial charge in [-0.3, -0.25) is 0 Å². The summed E-state index contributed by atoms with van der Waals surface area (Å²) in [5.74, 6) is -0.0514. The Bertz CT molecular complexity index is 456. The van der Waals surface area contributed by atoms with Gasteiger partial charge < -0.3 is 15.2 Å². The van der Waals surface area contributed by atoms with Crippen molar-refractivity contribution >= 4 is 11.8 Å². The van der Waals surface area contributed by atoms with Gasteiger partial charge in [0.15, 0.2) is 0 Å². The second-order valence-electron chi connectivity index (χ2n) is 5.73. The molecule has 1 saturated heterocycles. The van der Waals surface area contributed by atoms with Gasteiger partial charge in [-0.1, -0.05) is 0 Å². The number of ether oxygens (including phenoxy) is 2. The minimum absolute atomic E-state index is 0.199. The van der Waals surface area contributed by atoms with Gasteiger partial charge in [0.1, 0.15) is 17.0 Å². The molecule has 6 heteroatoms. The van der Waals surface area contributed by atoms with Gasteiger partial charge in [-0.25, -0.2) is 9.48 Å². The molecule has 0 radical (unpaired) electrons. The fraction of sp³-hybridized carbons (Fsp3) is 0.692. The maximum atomic E-state index is 12.0. The molecule has 0 unspecified atom stereocenters. The number of esters is 1. The Morgan fingerprint density at radius 1 is 1.47 bits per heavy atom. The lowest BCUT2D eigenvalue weighted by atomic mass is 10.1. The minimum atomic E-state index is -0.537. The van der Waals surface area contributed by atoms with E-state index in [1.807, 2.05) is 20.8 Å². The highest BCUT2D eigenvalue weighted by molar-refractivity contribution is 5.94. The normalized spacial score (nSPS) is 17.4. The summed E-state index contributed by atoms with van der Waals surface area (Å²) in [7, 11) is 0. The maximum absolute atomic E-state index is 12.0. The Hall–Kier alpha value is -1.56. The maximum Gasteiger partial charge on any atom is 0.344 e. The van der Waals surface area contributed by atoms with Crippen LogP contribution < -0.4 is 5.73 Å². The van der Waals surface area contributed by atoms with Gasteiger partial charge in [0, 0.05) is 13.2 Å². The van der Waals surface area contributed by atoms with E-state index in [-0.39, 0.29) is 6.04 Å². The van der Waals surface area contributed by atoms with E-state index in [0.717, 1.165) is 12.8 Å². The fourth-order valence-corrected chi connectivity index (χ4v) is 2.08. The minimum Gasteiger partial charge on any atom is -0.456 e. The van der Waals surface area contributed by atoms with E-state index in [9.17, 15) is 4.79 Å². The molecule has 1 aromatic heterocycles. The summed E-state index contributed by atoms with van der Waals surface area (Å²) in [5, 5.41) is 4.23. The van der Waals surface area contributed by atoms with Crippen LogP contribution in [0.25, 0.3) is 0 Å². The van der Waals surface area contributed by atoms with Gasteiger partial charge >= 0.3 is 5.97 Å². The summed E-state index contributed by atoms with van der Waals surface area (Å²) in [5.41, 5.74) is 5.81. The number of carbonyl (C=O) groups excluding carboxylic acids is 1. The Labute approximate surface area is 112 Å². The van der Waals surface area contributed by atoms with Gasteiger partial charge in [0.25, 0.3) is 0 Å². The first-order valence-corrected chi connectivity index (χ1v) is 6.52. The molecular formula is C13H21N3O3. The first kappa shape index (κ1) is 13.9. The fourth-order valence-electron chi connectivity index (χ4n) is 2.08. The SMILES string of the molecule is CC(C)(C)OC(=O)c1cnn(C2CCOCC2)c1N. The highest BCUT2D eigenvalue weighted by Crippen LogP contribution is 2.25. The Morgan fingerprint density at radius 2 is 2.11 bits per heavy atom. The monoisotopic (exact) mass is 267 g/mol.